The molecule has 0 bridgehead atoms. The lowest BCUT2D eigenvalue weighted by Gasteiger charge is -2.29. The largest absolute Gasteiger partial charge is 0.341 e. The summed E-state index contributed by atoms with van der Waals surface area (Å²) in [5, 5.41) is 7.35. The van der Waals surface area contributed by atoms with Crippen molar-refractivity contribution in [1.82, 2.24) is 25.0 Å². The monoisotopic (exact) mass is 251 g/mol. The number of carbonyl (C=O) groups excluding carboxylic acids is 1. The minimum Gasteiger partial charge on any atom is -0.341 e. The molecule has 1 amide bonds. The van der Waals surface area contributed by atoms with Crippen molar-refractivity contribution in [2.24, 2.45) is 5.92 Å². The highest BCUT2D eigenvalue weighted by molar-refractivity contribution is 5.75. The molecule has 1 atom stereocenters. The molecule has 1 aromatic rings. The Morgan fingerprint density at radius 1 is 1.61 bits per heavy atom. The van der Waals surface area contributed by atoms with Gasteiger partial charge in [-0.15, -0.1) is 0 Å². The van der Waals surface area contributed by atoms with Gasteiger partial charge in [-0.1, -0.05) is 0 Å². The zero-order valence-corrected chi connectivity index (χ0v) is 10.9. The van der Waals surface area contributed by atoms with Crippen LogP contribution in [-0.4, -0.2) is 51.8 Å². The van der Waals surface area contributed by atoms with Crippen molar-refractivity contribution in [2.75, 3.05) is 26.2 Å². The molecule has 0 spiro atoms. The fourth-order valence-electron chi connectivity index (χ4n) is 2.35. The number of piperidine rings is 1. The molecule has 1 aliphatic rings. The maximum Gasteiger partial charge on any atom is 0.244 e. The fourth-order valence-corrected chi connectivity index (χ4v) is 2.35. The Bertz CT molecular complexity index is 359. The minimum absolute atomic E-state index is 0.119. The van der Waals surface area contributed by atoms with E-state index in [-0.39, 0.29) is 12.5 Å². The third-order valence-electron chi connectivity index (χ3n) is 3.38. The molecule has 1 N–H and O–H groups in total. The highest BCUT2D eigenvalue weighted by Crippen LogP contribution is 2.12. The molecule has 2 rings (SSSR count). The number of nitrogens with one attached hydrogen (secondary N) is 1. The topological polar surface area (TPSA) is 63.1 Å². The molecular weight excluding hydrogens is 230 g/mol. The molecule has 0 aliphatic carbocycles. The van der Waals surface area contributed by atoms with E-state index in [1.807, 2.05) is 11.8 Å². The Hall–Kier alpha value is -1.43. The standard InChI is InChI=1S/C12H21N5O/c1-2-16(7-11-4-3-5-13-6-11)12(18)8-17-10-14-9-15-17/h9-11,13H,2-8H2,1H3. The molecule has 6 nitrogen and oxygen atoms in total. The summed E-state index contributed by atoms with van der Waals surface area (Å²) >= 11 is 0. The van der Waals surface area contributed by atoms with Crippen LogP contribution in [0.5, 0.6) is 0 Å². The van der Waals surface area contributed by atoms with E-state index in [9.17, 15) is 4.79 Å². The highest BCUT2D eigenvalue weighted by Gasteiger charge is 2.19. The second kappa shape index (κ2) is 6.49. The van der Waals surface area contributed by atoms with Crippen molar-refractivity contribution in [3.63, 3.8) is 0 Å². The van der Waals surface area contributed by atoms with Gasteiger partial charge in [0.15, 0.2) is 0 Å². The van der Waals surface area contributed by atoms with Gasteiger partial charge in [0, 0.05) is 13.1 Å². The van der Waals surface area contributed by atoms with Crippen molar-refractivity contribution in [1.29, 1.82) is 0 Å². The van der Waals surface area contributed by atoms with E-state index in [2.05, 4.69) is 15.4 Å². The van der Waals surface area contributed by atoms with E-state index in [1.54, 1.807) is 11.0 Å². The van der Waals surface area contributed by atoms with Crippen LogP contribution in [-0.2, 0) is 11.3 Å². The lowest BCUT2D eigenvalue weighted by Crippen LogP contribution is -2.42. The van der Waals surface area contributed by atoms with Crippen molar-refractivity contribution in [3.8, 4) is 0 Å². The van der Waals surface area contributed by atoms with Gasteiger partial charge in [0.2, 0.25) is 5.91 Å². The van der Waals surface area contributed by atoms with E-state index in [4.69, 9.17) is 0 Å². The SMILES string of the molecule is CCN(CC1CCCNC1)C(=O)Cn1cncn1. The van der Waals surface area contributed by atoms with Gasteiger partial charge in [0.25, 0.3) is 0 Å². The molecule has 0 saturated carbocycles. The van der Waals surface area contributed by atoms with Gasteiger partial charge in [0.05, 0.1) is 0 Å². The molecule has 6 heteroatoms. The van der Waals surface area contributed by atoms with Crippen LogP contribution in [0.25, 0.3) is 0 Å². The first-order valence-electron chi connectivity index (χ1n) is 6.60. The lowest BCUT2D eigenvalue weighted by molar-refractivity contribution is -0.132. The van der Waals surface area contributed by atoms with Crippen LogP contribution >= 0.6 is 0 Å². The van der Waals surface area contributed by atoms with Crippen molar-refractivity contribution < 1.29 is 4.79 Å². The Labute approximate surface area is 107 Å². The number of hydrogen-bond donors (Lipinski definition) is 1. The van der Waals surface area contributed by atoms with Gasteiger partial charge in [0.1, 0.15) is 19.2 Å². The predicted octanol–water partition coefficient (Wildman–Crippen LogP) is 0.126. The molecule has 0 radical (unpaired) electrons. The van der Waals surface area contributed by atoms with E-state index in [0.29, 0.717) is 5.92 Å². The molecule has 1 aliphatic heterocycles. The quantitative estimate of drug-likeness (QED) is 0.808. The van der Waals surface area contributed by atoms with Crippen LogP contribution in [0.4, 0.5) is 0 Å². The normalized spacial score (nSPS) is 19.7. The maximum atomic E-state index is 12.1. The second-order valence-electron chi connectivity index (χ2n) is 4.74. The average Bonchev–Trinajstić information content (AvgIpc) is 2.90. The molecule has 1 unspecified atom stereocenters. The summed E-state index contributed by atoms with van der Waals surface area (Å²) in [5.41, 5.74) is 0. The van der Waals surface area contributed by atoms with E-state index >= 15 is 0 Å². The molecule has 0 aromatic carbocycles. The predicted molar refractivity (Wildman–Crippen MR) is 67.9 cm³/mol. The van der Waals surface area contributed by atoms with Crippen molar-refractivity contribution in [3.05, 3.63) is 12.7 Å². The Morgan fingerprint density at radius 3 is 3.11 bits per heavy atom. The maximum absolute atomic E-state index is 12.1. The van der Waals surface area contributed by atoms with Gasteiger partial charge < -0.3 is 10.2 Å². The number of nitrogens with zero attached hydrogens (tertiary/aromatic N) is 4. The summed E-state index contributed by atoms with van der Waals surface area (Å²) in [4.78, 5) is 17.9. The zero-order chi connectivity index (χ0) is 12.8. The number of likely N-dealkylation sites (N-methyl/N-ethyl adjacent to an activating group) is 1. The Balaban J connectivity index is 1.85. The summed E-state index contributed by atoms with van der Waals surface area (Å²) in [6.45, 7) is 6.03. The summed E-state index contributed by atoms with van der Waals surface area (Å²) < 4.78 is 1.57. The highest BCUT2D eigenvalue weighted by atomic mass is 16.2. The van der Waals surface area contributed by atoms with Gasteiger partial charge >= 0.3 is 0 Å². The summed E-state index contributed by atoms with van der Waals surface area (Å²) in [5.74, 6) is 0.701. The van der Waals surface area contributed by atoms with Crippen LogP contribution in [0.2, 0.25) is 0 Å². The smallest absolute Gasteiger partial charge is 0.244 e. The lowest BCUT2D eigenvalue weighted by atomic mass is 9.99. The number of amides is 1. The van der Waals surface area contributed by atoms with Crippen LogP contribution in [0.1, 0.15) is 19.8 Å². The molecular formula is C12H21N5O. The molecule has 1 saturated heterocycles. The fraction of sp³-hybridized carbons (Fsp3) is 0.750. The molecule has 1 aromatic heterocycles. The molecule has 100 valence electrons. The Morgan fingerprint density at radius 2 is 2.50 bits per heavy atom. The first-order valence-corrected chi connectivity index (χ1v) is 6.60. The summed E-state index contributed by atoms with van der Waals surface area (Å²) in [6.07, 6.45) is 5.45. The Kier molecular flexibility index (Phi) is 4.69. The van der Waals surface area contributed by atoms with E-state index in [0.717, 1.165) is 26.2 Å². The number of aromatic nitrogens is 3. The van der Waals surface area contributed by atoms with E-state index < -0.39 is 0 Å². The summed E-state index contributed by atoms with van der Waals surface area (Å²) in [7, 11) is 0. The van der Waals surface area contributed by atoms with Crippen LogP contribution in [0.3, 0.4) is 0 Å². The molecule has 2 heterocycles. The number of hydrogen-bond acceptors (Lipinski definition) is 4. The third kappa shape index (κ3) is 3.53. The first kappa shape index (κ1) is 13.0. The van der Waals surface area contributed by atoms with Crippen molar-refractivity contribution in [2.45, 2.75) is 26.3 Å². The summed E-state index contributed by atoms with van der Waals surface area (Å²) in [6, 6.07) is 0. The zero-order valence-electron chi connectivity index (χ0n) is 10.9. The molecule has 18 heavy (non-hydrogen) atoms. The van der Waals surface area contributed by atoms with Gasteiger partial charge in [-0.25, -0.2) is 9.67 Å². The van der Waals surface area contributed by atoms with Gasteiger partial charge in [-0.05, 0) is 38.8 Å². The molecule has 1 fully saturated rings. The minimum atomic E-state index is 0.119. The van der Waals surface area contributed by atoms with E-state index in [1.165, 1.54) is 19.2 Å². The van der Waals surface area contributed by atoms with Crippen LogP contribution in [0.15, 0.2) is 12.7 Å². The second-order valence-corrected chi connectivity index (χ2v) is 4.74. The van der Waals surface area contributed by atoms with Gasteiger partial charge in [-0.2, -0.15) is 5.10 Å². The number of rotatable bonds is 5. The third-order valence-corrected chi connectivity index (χ3v) is 3.38. The average molecular weight is 251 g/mol. The van der Waals surface area contributed by atoms with Crippen molar-refractivity contribution >= 4 is 5.91 Å². The number of carbonyl (C=O) groups is 1. The first-order chi connectivity index (χ1) is 8.79. The van der Waals surface area contributed by atoms with Crippen LogP contribution in [0, 0.1) is 5.92 Å². The van der Waals surface area contributed by atoms with Gasteiger partial charge in [-0.3, -0.25) is 4.79 Å². The van der Waals surface area contributed by atoms with Crippen LogP contribution < -0.4 is 5.32 Å².